The fraction of sp³-hybridized carbons (Fsp3) is 0.412. The number of hydrogen-bond donors (Lipinski definition) is 1. The van der Waals surface area contributed by atoms with Crippen LogP contribution in [0, 0.1) is 0 Å². The van der Waals surface area contributed by atoms with E-state index in [9.17, 15) is 9.90 Å². The van der Waals surface area contributed by atoms with Crippen LogP contribution in [0.4, 0.5) is 0 Å². The summed E-state index contributed by atoms with van der Waals surface area (Å²) in [4.78, 5) is 17.3. The summed E-state index contributed by atoms with van der Waals surface area (Å²) in [5, 5.41) is 15.7. The second kappa shape index (κ2) is 7.94. The smallest absolute Gasteiger partial charge is 0.280 e. The van der Waals surface area contributed by atoms with E-state index in [2.05, 4.69) is 5.10 Å². The largest absolute Gasteiger partial charge is 0.497 e. The second-order valence-corrected chi connectivity index (χ2v) is 5.38. The third-order valence-corrected chi connectivity index (χ3v) is 3.79. The van der Waals surface area contributed by atoms with Gasteiger partial charge in [0.2, 0.25) is 0 Å². The Morgan fingerprint density at radius 1 is 1.33 bits per heavy atom. The summed E-state index contributed by atoms with van der Waals surface area (Å²) in [6.07, 6.45) is 1.30. The molecule has 1 N–H and O–H groups in total. The van der Waals surface area contributed by atoms with Crippen molar-refractivity contribution >= 4 is 5.91 Å². The van der Waals surface area contributed by atoms with E-state index in [0.29, 0.717) is 24.2 Å². The van der Waals surface area contributed by atoms with E-state index < -0.39 is 6.10 Å². The van der Waals surface area contributed by atoms with E-state index in [1.807, 2.05) is 31.2 Å². The van der Waals surface area contributed by atoms with Crippen LogP contribution in [-0.2, 0) is 11.4 Å². The van der Waals surface area contributed by atoms with Crippen LogP contribution in [0.1, 0.15) is 41.1 Å². The third-order valence-electron chi connectivity index (χ3n) is 3.79. The molecular formula is C17H23N3O4. The van der Waals surface area contributed by atoms with Gasteiger partial charge in [0.15, 0.2) is 0 Å². The Balaban J connectivity index is 2.30. The minimum absolute atomic E-state index is 0.335. The Labute approximate surface area is 141 Å². The van der Waals surface area contributed by atoms with Crippen LogP contribution in [0.3, 0.4) is 0 Å². The van der Waals surface area contributed by atoms with E-state index >= 15 is 0 Å². The van der Waals surface area contributed by atoms with Gasteiger partial charge in [-0.15, -0.1) is 0 Å². The SMILES string of the molecule is CCC(O)c1nn(Cc2ccc(OC)cc2)cc1C(=O)N(C)OC. The summed E-state index contributed by atoms with van der Waals surface area (Å²) in [6.45, 7) is 2.32. The van der Waals surface area contributed by atoms with Crippen molar-refractivity contribution in [2.75, 3.05) is 21.3 Å². The van der Waals surface area contributed by atoms with Gasteiger partial charge in [-0.25, -0.2) is 5.06 Å². The van der Waals surface area contributed by atoms with E-state index in [-0.39, 0.29) is 5.91 Å². The van der Waals surface area contributed by atoms with Crippen molar-refractivity contribution in [3.05, 3.63) is 47.3 Å². The molecule has 0 saturated heterocycles. The molecule has 0 aliphatic rings. The Morgan fingerprint density at radius 3 is 2.54 bits per heavy atom. The van der Waals surface area contributed by atoms with Gasteiger partial charge in [0.1, 0.15) is 11.4 Å². The molecule has 0 radical (unpaired) electrons. The Kier molecular flexibility index (Phi) is 5.94. The first-order valence-corrected chi connectivity index (χ1v) is 7.70. The standard InChI is InChI=1S/C17H23N3O4/c1-5-15(21)16-14(17(22)19(2)24-4)11-20(18-16)10-12-6-8-13(23-3)9-7-12/h6-9,11,15,21H,5,10H2,1-4H3. The molecule has 1 amide bonds. The van der Waals surface area contributed by atoms with Crippen molar-refractivity contribution in [1.29, 1.82) is 0 Å². The summed E-state index contributed by atoms with van der Waals surface area (Å²) in [5.41, 5.74) is 1.71. The second-order valence-electron chi connectivity index (χ2n) is 5.38. The minimum atomic E-state index is -0.800. The summed E-state index contributed by atoms with van der Waals surface area (Å²) in [7, 11) is 4.55. The fourth-order valence-electron chi connectivity index (χ4n) is 2.29. The maximum absolute atomic E-state index is 12.4. The molecule has 1 heterocycles. The van der Waals surface area contributed by atoms with Gasteiger partial charge in [-0.3, -0.25) is 14.3 Å². The highest BCUT2D eigenvalue weighted by Gasteiger charge is 2.24. The van der Waals surface area contributed by atoms with Gasteiger partial charge in [0.05, 0.1) is 32.4 Å². The molecule has 24 heavy (non-hydrogen) atoms. The third kappa shape index (κ3) is 3.93. The number of aliphatic hydroxyl groups excluding tert-OH is 1. The van der Waals surface area contributed by atoms with Gasteiger partial charge in [-0.1, -0.05) is 19.1 Å². The summed E-state index contributed by atoms with van der Waals surface area (Å²) in [6, 6.07) is 7.59. The molecule has 0 aliphatic heterocycles. The number of aliphatic hydroxyl groups is 1. The van der Waals surface area contributed by atoms with Gasteiger partial charge in [-0.05, 0) is 24.1 Å². The molecule has 1 aromatic carbocycles. The van der Waals surface area contributed by atoms with Crippen LogP contribution < -0.4 is 4.74 Å². The fourth-order valence-corrected chi connectivity index (χ4v) is 2.29. The number of amides is 1. The molecule has 0 bridgehead atoms. The van der Waals surface area contributed by atoms with Crippen LogP contribution in [0.25, 0.3) is 0 Å². The number of carbonyl (C=O) groups is 1. The van der Waals surface area contributed by atoms with E-state index in [0.717, 1.165) is 16.4 Å². The summed E-state index contributed by atoms with van der Waals surface area (Å²) < 4.78 is 6.78. The van der Waals surface area contributed by atoms with Gasteiger partial charge < -0.3 is 9.84 Å². The number of hydrogen-bond acceptors (Lipinski definition) is 5. The molecule has 1 aromatic heterocycles. The van der Waals surface area contributed by atoms with Gasteiger partial charge >= 0.3 is 0 Å². The number of benzene rings is 1. The molecule has 0 fully saturated rings. The Hall–Kier alpha value is -2.38. The van der Waals surface area contributed by atoms with E-state index in [4.69, 9.17) is 9.57 Å². The van der Waals surface area contributed by atoms with Crippen molar-refractivity contribution in [3.8, 4) is 5.75 Å². The average molecular weight is 333 g/mol. The highest BCUT2D eigenvalue weighted by Crippen LogP contribution is 2.21. The van der Waals surface area contributed by atoms with Crippen molar-refractivity contribution in [1.82, 2.24) is 14.8 Å². The zero-order valence-corrected chi connectivity index (χ0v) is 14.4. The lowest BCUT2D eigenvalue weighted by Gasteiger charge is -2.14. The number of ether oxygens (including phenoxy) is 1. The average Bonchev–Trinajstić information content (AvgIpc) is 3.04. The molecule has 0 saturated carbocycles. The molecule has 7 nitrogen and oxygen atoms in total. The molecule has 1 atom stereocenters. The van der Waals surface area contributed by atoms with E-state index in [1.165, 1.54) is 14.2 Å². The van der Waals surface area contributed by atoms with Crippen molar-refractivity contribution in [2.45, 2.75) is 26.0 Å². The van der Waals surface area contributed by atoms with Crippen LogP contribution in [0.15, 0.2) is 30.5 Å². The van der Waals surface area contributed by atoms with Crippen LogP contribution in [-0.4, -0.2) is 47.1 Å². The number of aromatic nitrogens is 2. The number of nitrogens with zero attached hydrogens (tertiary/aromatic N) is 3. The summed E-state index contributed by atoms with van der Waals surface area (Å²) in [5.74, 6) is 0.430. The number of carbonyl (C=O) groups excluding carboxylic acids is 1. The van der Waals surface area contributed by atoms with Gasteiger partial charge in [0.25, 0.3) is 5.91 Å². The quantitative estimate of drug-likeness (QED) is 0.785. The normalized spacial score (nSPS) is 12.0. The first-order chi connectivity index (χ1) is 11.5. The highest BCUT2D eigenvalue weighted by atomic mass is 16.7. The van der Waals surface area contributed by atoms with E-state index in [1.54, 1.807) is 18.0 Å². The molecule has 130 valence electrons. The lowest BCUT2D eigenvalue weighted by Crippen LogP contribution is -2.26. The van der Waals surface area contributed by atoms with Crippen molar-refractivity contribution in [3.63, 3.8) is 0 Å². The van der Waals surface area contributed by atoms with Crippen LogP contribution in [0.2, 0.25) is 0 Å². The summed E-state index contributed by atoms with van der Waals surface area (Å²) >= 11 is 0. The topological polar surface area (TPSA) is 76.8 Å². The molecule has 2 aromatic rings. The number of methoxy groups -OCH3 is 1. The highest BCUT2D eigenvalue weighted by molar-refractivity contribution is 5.94. The zero-order valence-electron chi connectivity index (χ0n) is 14.4. The molecule has 7 heteroatoms. The molecule has 0 spiro atoms. The minimum Gasteiger partial charge on any atom is -0.497 e. The Morgan fingerprint density at radius 2 is 2.00 bits per heavy atom. The number of rotatable bonds is 7. The predicted molar refractivity (Wildman–Crippen MR) is 88.7 cm³/mol. The molecule has 1 unspecified atom stereocenters. The molecule has 0 aliphatic carbocycles. The maximum Gasteiger partial charge on any atom is 0.280 e. The first kappa shape index (κ1) is 18.0. The van der Waals surface area contributed by atoms with Gasteiger partial charge in [-0.2, -0.15) is 5.10 Å². The first-order valence-electron chi connectivity index (χ1n) is 7.70. The van der Waals surface area contributed by atoms with Crippen molar-refractivity contribution < 1.29 is 19.5 Å². The predicted octanol–water partition coefficient (Wildman–Crippen LogP) is 2.02. The van der Waals surface area contributed by atoms with Gasteiger partial charge in [0, 0.05) is 13.2 Å². The van der Waals surface area contributed by atoms with Crippen LogP contribution >= 0.6 is 0 Å². The van der Waals surface area contributed by atoms with Crippen LogP contribution in [0.5, 0.6) is 5.75 Å². The maximum atomic E-state index is 12.4. The Bertz CT molecular complexity index is 682. The molecular weight excluding hydrogens is 310 g/mol. The lowest BCUT2D eigenvalue weighted by atomic mass is 10.1. The number of hydroxylamine groups is 2. The monoisotopic (exact) mass is 333 g/mol. The lowest BCUT2D eigenvalue weighted by molar-refractivity contribution is -0.0758. The zero-order chi connectivity index (χ0) is 17.7. The van der Waals surface area contributed by atoms with Crippen molar-refractivity contribution in [2.24, 2.45) is 0 Å². The molecule has 2 rings (SSSR count).